The van der Waals surface area contributed by atoms with E-state index in [4.69, 9.17) is 5.41 Å². The van der Waals surface area contributed by atoms with Gasteiger partial charge in [-0.1, -0.05) is 41.9 Å². The Balaban J connectivity index is 2.10. The summed E-state index contributed by atoms with van der Waals surface area (Å²) in [6.45, 7) is 7.64. The monoisotopic (exact) mass is 408 g/mol. The molecule has 2 rings (SSSR count). The molecule has 2 amide bonds. The second kappa shape index (κ2) is 8.32. The summed E-state index contributed by atoms with van der Waals surface area (Å²) >= 11 is 3.45. The number of benzene rings is 1. The highest BCUT2D eigenvalue weighted by Gasteiger charge is 2.37. The van der Waals surface area contributed by atoms with E-state index in [9.17, 15) is 4.79 Å². The van der Waals surface area contributed by atoms with Crippen molar-refractivity contribution in [2.45, 2.75) is 45.1 Å². The molecule has 1 heterocycles. The number of likely N-dealkylation sites (tertiary alicyclic amines) is 1. The van der Waals surface area contributed by atoms with E-state index in [1.54, 1.807) is 0 Å². The minimum atomic E-state index is -0.542. The first kappa shape index (κ1) is 19.9. The number of amides is 2. The third kappa shape index (κ3) is 4.42. The van der Waals surface area contributed by atoms with Crippen LogP contribution in [-0.4, -0.2) is 42.9 Å². The zero-order valence-electron chi connectivity index (χ0n) is 15.5. The first-order valence-corrected chi connectivity index (χ1v) is 9.66. The van der Waals surface area contributed by atoms with Gasteiger partial charge < -0.3 is 10.2 Å². The number of nitrogens with one attached hydrogen (secondary N) is 3. The number of rotatable bonds is 4. The molecule has 0 bridgehead atoms. The number of piperidine rings is 1. The highest BCUT2D eigenvalue weighted by molar-refractivity contribution is 9.10. The molecule has 6 heteroatoms. The lowest BCUT2D eigenvalue weighted by Crippen LogP contribution is -2.53. The van der Waals surface area contributed by atoms with Gasteiger partial charge in [0.05, 0.1) is 5.41 Å². The van der Waals surface area contributed by atoms with Crippen LogP contribution in [-0.2, 0) is 5.41 Å². The van der Waals surface area contributed by atoms with Crippen LogP contribution in [0.15, 0.2) is 28.7 Å². The van der Waals surface area contributed by atoms with Gasteiger partial charge in [0, 0.05) is 23.6 Å². The third-order valence-electron chi connectivity index (χ3n) is 5.54. The largest absolute Gasteiger partial charge is 0.324 e. The van der Waals surface area contributed by atoms with Crippen LogP contribution in [0.25, 0.3) is 0 Å². The third-order valence-corrected chi connectivity index (χ3v) is 6.07. The molecule has 1 saturated heterocycles. The SMILES string of the molecule is CNC1CCN(C(=O)NC(=N)C(C)(c2ccc(Br)cc2)C(C)C)CC1. The highest BCUT2D eigenvalue weighted by atomic mass is 79.9. The summed E-state index contributed by atoms with van der Waals surface area (Å²) in [7, 11) is 1.96. The average Bonchev–Trinajstić information content (AvgIpc) is 2.61. The molecule has 138 valence electrons. The molecule has 0 aliphatic carbocycles. The lowest BCUT2D eigenvalue weighted by molar-refractivity contribution is 0.181. The molecule has 1 fully saturated rings. The zero-order valence-corrected chi connectivity index (χ0v) is 17.1. The molecule has 1 unspecified atom stereocenters. The van der Waals surface area contributed by atoms with Gasteiger partial charge >= 0.3 is 6.03 Å². The molecular weight excluding hydrogens is 380 g/mol. The Morgan fingerprint density at radius 1 is 1.28 bits per heavy atom. The van der Waals surface area contributed by atoms with E-state index in [-0.39, 0.29) is 17.8 Å². The summed E-state index contributed by atoms with van der Waals surface area (Å²) < 4.78 is 1.00. The quantitative estimate of drug-likeness (QED) is 0.524. The van der Waals surface area contributed by atoms with Gasteiger partial charge in [-0.05, 0) is 50.4 Å². The molecule has 0 saturated carbocycles. The molecule has 25 heavy (non-hydrogen) atoms. The van der Waals surface area contributed by atoms with E-state index in [2.05, 4.69) is 40.4 Å². The molecule has 3 N–H and O–H groups in total. The van der Waals surface area contributed by atoms with Crippen LogP contribution >= 0.6 is 15.9 Å². The minimum absolute atomic E-state index is 0.163. The number of urea groups is 1. The van der Waals surface area contributed by atoms with Gasteiger partial charge in [-0.2, -0.15) is 0 Å². The molecule has 0 radical (unpaired) electrons. The number of carbonyl (C=O) groups is 1. The Hall–Kier alpha value is -1.40. The molecular formula is C19H29BrN4O. The van der Waals surface area contributed by atoms with Crippen molar-refractivity contribution in [2.24, 2.45) is 5.92 Å². The maximum absolute atomic E-state index is 12.6. The molecule has 1 aromatic rings. The Bertz CT molecular complexity index is 608. The Morgan fingerprint density at radius 3 is 2.32 bits per heavy atom. The van der Waals surface area contributed by atoms with Crippen molar-refractivity contribution in [3.63, 3.8) is 0 Å². The van der Waals surface area contributed by atoms with Gasteiger partial charge in [0.1, 0.15) is 5.84 Å². The molecule has 1 aromatic carbocycles. The van der Waals surface area contributed by atoms with Crippen molar-refractivity contribution in [1.29, 1.82) is 5.41 Å². The maximum atomic E-state index is 12.6. The summed E-state index contributed by atoms with van der Waals surface area (Å²) in [6.07, 6.45) is 1.90. The summed E-state index contributed by atoms with van der Waals surface area (Å²) in [4.78, 5) is 14.4. The van der Waals surface area contributed by atoms with Crippen LogP contribution in [0.3, 0.4) is 0 Å². The number of halogens is 1. The van der Waals surface area contributed by atoms with Gasteiger partial charge in [0.15, 0.2) is 0 Å². The van der Waals surface area contributed by atoms with E-state index < -0.39 is 5.41 Å². The fraction of sp³-hybridized carbons (Fsp3) is 0.579. The van der Waals surface area contributed by atoms with E-state index >= 15 is 0 Å². The summed E-state index contributed by atoms with van der Waals surface area (Å²) in [5, 5.41) is 14.7. The summed E-state index contributed by atoms with van der Waals surface area (Å²) in [5.74, 6) is 0.432. The molecule has 0 aromatic heterocycles. The standard InChI is InChI=1S/C19H29BrN4O/c1-13(2)19(3,14-5-7-15(20)8-6-14)17(21)23-18(25)24-11-9-16(22-4)10-12-24/h5-8,13,16,22H,9-12H2,1-4H3,(H2,21,23,25). The average molecular weight is 409 g/mol. The van der Waals surface area contributed by atoms with Gasteiger partial charge in [0.2, 0.25) is 0 Å². The molecule has 1 aliphatic rings. The maximum Gasteiger partial charge on any atom is 0.322 e. The normalized spacial score (nSPS) is 18.1. The fourth-order valence-electron chi connectivity index (χ4n) is 3.25. The van der Waals surface area contributed by atoms with E-state index in [1.807, 2.05) is 43.1 Å². The second-order valence-electron chi connectivity index (χ2n) is 7.22. The fourth-order valence-corrected chi connectivity index (χ4v) is 3.51. The Labute approximate surface area is 159 Å². The highest BCUT2D eigenvalue weighted by Crippen LogP contribution is 2.33. The smallest absolute Gasteiger partial charge is 0.322 e. The first-order chi connectivity index (χ1) is 11.8. The van der Waals surface area contributed by atoms with Crippen LogP contribution < -0.4 is 10.6 Å². The van der Waals surface area contributed by atoms with E-state index in [0.29, 0.717) is 6.04 Å². The number of hydrogen-bond donors (Lipinski definition) is 3. The molecule has 5 nitrogen and oxygen atoms in total. The summed E-state index contributed by atoms with van der Waals surface area (Å²) in [6, 6.07) is 8.31. The molecule has 1 atom stereocenters. The zero-order chi connectivity index (χ0) is 18.6. The minimum Gasteiger partial charge on any atom is -0.324 e. The predicted octanol–water partition coefficient (Wildman–Crippen LogP) is 3.73. The van der Waals surface area contributed by atoms with Gasteiger partial charge in [-0.25, -0.2) is 4.79 Å². The lowest BCUT2D eigenvalue weighted by Gasteiger charge is -2.37. The van der Waals surface area contributed by atoms with Crippen molar-refractivity contribution in [3.05, 3.63) is 34.3 Å². The van der Waals surface area contributed by atoms with Crippen molar-refractivity contribution in [2.75, 3.05) is 20.1 Å². The number of nitrogens with zero attached hydrogens (tertiary/aromatic N) is 1. The van der Waals surface area contributed by atoms with Gasteiger partial charge in [-0.3, -0.25) is 10.7 Å². The van der Waals surface area contributed by atoms with E-state index in [1.165, 1.54) is 0 Å². The lowest BCUT2D eigenvalue weighted by atomic mass is 9.72. The molecule has 0 spiro atoms. The number of carbonyl (C=O) groups excluding carboxylic acids is 1. The Morgan fingerprint density at radius 2 is 1.84 bits per heavy atom. The topological polar surface area (TPSA) is 68.2 Å². The molecule has 1 aliphatic heterocycles. The van der Waals surface area contributed by atoms with Gasteiger partial charge in [0.25, 0.3) is 0 Å². The van der Waals surface area contributed by atoms with E-state index in [0.717, 1.165) is 36.0 Å². The Kier molecular flexibility index (Phi) is 6.63. The van der Waals surface area contributed by atoms with Crippen LogP contribution in [0.2, 0.25) is 0 Å². The van der Waals surface area contributed by atoms with Crippen molar-refractivity contribution in [1.82, 2.24) is 15.5 Å². The summed E-state index contributed by atoms with van der Waals surface area (Å²) in [5.41, 5.74) is 0.490. The van der Waals surface area contributed by atoms with Crippen LogP contribution in [0.1, 0.15) is 39.2 Å². The van der Waals surface area contributed by atoms with Crippen molar-refractivity contribution < 1.29 is 4.79 Å². The van der Waals surface area contributed by atoms with Gasteiger partial charge in [-0.15, -0.1) is 0 Å². The first-order valence-electron chi connectivity index (χ1n) is 8.87. The van der Waals surface area contributed by atoms with Crippen molar-refractivity contribution >= 4 is 27.8 Å². The second-order valence-corrected chi connectivity index (χ2v) is 8.13. The van der Waals surface area contributed by atoms with Crippen LogP contribution in [0.4, 0.5) is 4.79 Å². The van der Waals surface area contributed by atoms with Crippen LogP contribution in [0, 0.1) is 11.3 Å². The number of hydrogen-bond acceptors (Lipinski definition) is 3. The number of amidine groups is 1. The predicted molar refractivity (Wildman–Crippen MR) is 106 cm³/mol. The van der Waals surface area contributed by atoms with Crippen LogP contribution in [0.5, 0.6) is 0 Å². The van der Waals surface area contributed by atoms with Crippen molar-refractivity contribution in [3.8, 4) is 0 Å².